The zero-order valence-corrected chi connectivity index (χ0v) is 28.6. The lowest BCUT2D eigenvalue weighted by Gasteiger charge is -2.37. The fourth-order valence-corrected chi connectivity index (χ4v) is 9.65. The normalized spacial score (nSPS) is 13.6. The van der Waals surface area contributed by atoms with E-state index in [0.29, 0.717) is 5.56 Å². The Morgan fingerprint density at radius 1 is 0.841 bits per heavy atom. The molecule has 2 rings (SSSR count). The van der Waals surface area contributed by atoms with Gasteiger partial charge < -0.3 is 15.4 Å². The molecule has 11 nitrogen and oxygen atoms in total. The smallest absolute Gasteiger partial charge is 0.346 e. The summed E-state index contributed by atoms with van der Waals surface area (Å²) in [7, 11) is -8.73. The third kappa shape index (κ3) is 10.8. The Morgan fingerprint density at radius 3 is 1.73 bits per heavy atom. The van der Waals surface area contributed by atoms with Gasteiger partial charge in [0.05, 0.1) is 18.4 Å². The molecular weight excluding hydrogens is 697 g/mol. The zero-order chi connectivity index (χ0) is 32.8. The maximum absolute atomic E-state index is 14.3. The fraction of sp³-hybridized carbons (Fsp3) is 0.481. The van der Waals surface area contributed by atoms with Gasteiger partial charge in [0.2, 0.25) is 10.0 Å². The summed E-state index contributed by atoms with van der Waals surface area (Å²) in [6, 6.07) is 12.8. The second-order valence-electron chi connectivity index (χ2n) is 9.38. The number of hydrogen-bond donors (Lipinski definition) is 2. The third-order valence-electron chi connectivity index (χ3n) is 6.40. The van der Waals surface area contributed by atoms with Gasteiger partial charge in [-0.05, 0) is 17.5 Å². The lowest BCUT2D eigenvalue weighted by Crippen LogP contribution is -2.52. The summed E-state index contributed by atoms with van der Waals surface area (Å²) in [5, 5.41) is 10.2. The SMILES string of the molecule is N[C@@H](Cc1ccccc1)C(=O)N([C@@H](C(=O)O)c1ccccc1)S(=O)(=O)CCOP(=O)(N(CCCl)CCCl)N(CCCl)CCCl. The van der Waals surface area contributed by atoms with E-state index in [-0.39, 0.29) is 66.0 Å². The van der Waals surface area contributed by atoms with E-state index < -0.39 is 54.0 Å². The first kappa shape index (κ1) is 38.7. The van der Waals surface area contributed by atoms with Gasteiger partial charge in [0, 0.05) is 49.7 Å². The van der Waals surface area contributed by atoms with Crippen molar-refractivity contribution >= 4 is 76.0 Å². The molecule has 2 atom stereocenters. The van der Waals surface area contributed by atoms with E-state index in [0.717, 1.165) is 0 Å². The highest BCUT2D eigenvalue weighted by atomic mass is 35.5. The van der Waals surface area contributed by atoms with Crippen LogP contribution < -0.4 is 5.73 Å². The molecule has 3 N–H and O–H groups in total. The number of rotatable bonds is 21. The first-order chi connectivity index (χ1) is 21.0. The predicted molar refractivity (Wildman–Crippen MR) is 175 cm³/mol. The van der Waals surface area contributed by atoms with Gasteiger partial charge in [-0.2, -0.15) is 0 Å². The minimum absolute atomic E-state index is 0.0428. The topological polar surface area (TPSA) is 151 Å². The highest BCUT2D eigenvalue weighted by molar-refractivity contribution is 7.89. The van der Waals surface area contributed by atoms with Crippen LogP contribution in [0.25, 0.3) is 0 Å². The molecule has 246 valence electrons. The first-order valence-corrected chi connectivity index (χ1v) is 18.9. The Bertz CT molecular complexity index is 1300. The van der Waals surface area contributed by atoms with Crippen molar-refractivity contribution in [2.24, 2.45) is 5.73 Å². The van der Waals surface area contributed by atoms with E-state index in [4.69, 9.17) is 56.7 Å². The molecule has 0 aromatic heterocycles. The van der Waals surface area contributed by atoms with Gasteiger partial charge in [0.1, 0.15) is 0 Å². The van der Waals surface area contributed by atoms with Crippen molar-refractivity contribution in [1.29, 1.82) is 0 Å². The van der Waals surface area contributed by atoms with E-state index in [9.17, 15) is 27.7 Å². The molecule has 0 heterocycles. The van der Waals surface area contributed by atoms with Crippen LogP contribution in [0.15, 0.2) is 60.7 Å². The van der Waals surface area contributed by atoms with Crippen molar-refractivity contribution in [1.82, 2.24) is 13.6 Å². The molecule has 0 saturated heterocycles. The van der Waals surface area contributed by atoms with Crippen molar-refractivity contribution in [3.63, 3.8) is 0 Å². The number of alkyl halides is 4. The molecule has 0 radical (unpaired) electrons. The first-order valence-electron chi connectivity index (χ1n) is 13.6. The third-order valence-corrected chi connectivity index (χ3v) is 11.5. The van der Waals surface area contributed by atoms with E-state index in [1.165, 1.54) is 33.6 Å². The molecule has 2 aromatic carbocycles. The number of carboxylic acid groups (broad SMARTS) is 1. The Morgan fingerprint density at radius 2 is 1.30 bits per heavy atom. The van der Waals surface area contributed by atoms with E-state index in [1.807, 2.05) is 0 Å². The second-order valence-corrected chi connectivity index (χ2v) is 15.2. The maximum atomic E-state index is 14.3. The van der Waals surface area contributed by atoms with Crippen LogP contribution in [0.3, 0.4) is 0 Å². The number of nitrogens with two attached hydrogens (primary N) is 1. The zero-order valence-electron chi connectivity index (χ0n) is 23.9. The number of amides is 1. The van der Waals surface area contributed by atoms with Crippen LogP contribution >= 0.6 is 54.1 Å². The molecule has 0 bridgehead atoms. The van der Waals surface area contributed by atoms with Crippen LogP contribution in [0.2, 0.25) is 0 Å². The quantitative estimate of drug-likeness (QED) is 0.141. The molecule has 0 aliphatic carbocycles. The van der Waals surface area contributed by atoms with Crippen LogP contribution in [-0.2, 0) is 35.1 Å². The summed E-state index contributed by atoms with van der Waals surface area (Å²) in [4.78, 5) is 26.3. The molecule has 1 amide bonds. The van der Waals surface area contributed by atoms with Crippen LogP contribution in [-0.4, -0.2) is 107 Å². The van der Waals surface area contributed by atoms with Crippen molar-refractivity contribution in [3.8, 4) is 0 Å². The Kier molecular flexibility index (Phi) is 17.0. The molecule has 0 saturated carbocycles. The van der Waals surface area contributed by atoms with Crippen molar-refractivity contribution in [3.05, 3.63) is 71.8 Å². The van der Waals surface area contributed by atoms with Gasteiger partial charge in [-0.1, -0.05) is 60.7 Å². The molecule has 44 heavy (non-hydrogen) atoms. The largest absolute Gasteiger partial charge is 0.479 e. The number of carbonyl (C=O) groups excluding carboxylic acids is 1. The average molecular weight is 734 g/mol. The monoisotopic (exact) mass is 732 g/mol. The van der Waals surface area contributed by atoms with Gasteiger partial charge in [-0.15, -0.1) is 46.4 Å². The van der Waals surface area contributed by atoms with Crippen molar-refractivity contribution in [2.45, 2.75) is 18.5 Å². The molecule has 0 spiro atoms. The highest BCUT2D eigenvalue weighted by Gasteiger charge is 2.43. The molecule has 0 fully saturated rings. The molecule has 0 unspecified atom stereocenters. The summed E-state index contributed by atoms with van der Waals surface area (Å²) in [6.45, 7) is -0.317. The minimum atomic E-state index is -4.74. The second kappa shape index (κ2) is 19.3. The molecule has 2 aromatic rings. The van der Waals surface area contributed by atoms with E-state index in [2.05, 4.69) is 0 Å². The Balaban J connectivity index is 2.49. The summed E-state index contributed by atoms with van der Waals surface area (Å²) >= 11 is 23.8. The molecular formula is C27H37Cl4N4O7PS. The molecule has 0 aliphatic rings. The summed E-state index contributed by atoms with van der Waals surface area (Å²) in [5.41, 5.74) is 6.88. The van der Waals surface area contributed by atoms with Gasteiger partial charge >= 0.3 is 13.6 Å². The lowest BCUT2D eigenvalue weighted by molar-refractivity contribution is -0.146. The van der Waals surface area contributed by atoms with Crippen LogP contribution in [0.1, 0.15) is 17.2 Å². The number of nitrogens with zero attached hydrogens (tertiary/aromatic N) is 3. The highest BCUT2D eigenvalue weighted by Crippen LogP contribution is 2.54. The lowest BCUT2D eigenvalue weighted by atomic mass is 10.0. The average Bonchev–Trinajstić information content (AvgIpc) is 2.99. The van der Waals surface area contributed by atoms with E-state index >= 15 is 0 Å². The van der Waals surface area contributed by atoms with Gasteiger partial charge in [0.25, 0.3) is 5.91 Å². The fourth-order valence-electron chi connectivity index (χ4n) is 4.38. The number of aliphatic carboxylic acids is 1. The number of benzene rings is 2. The van der Waals surface area contributed by atoms with Gasteiger partial charge in [-0.3, -0.25) is 9.36 Å². The van der Waals surface area contributed by atoms with Crippen LogP contribution in [0, 0.1) is 0 Å². The number of hydrogen-bond acceptors (Lipinski definition) is 7. The molecule has 17 heteroatoms. The number of carbonyl (C=O) groups is 2. The van der Waals surface area contributed by atoms with Crippen molar-refractivity contribution < 1.29 is 32.2 Å². The van der Waals surface area contributed by atoms with Crippen molar-refractivity contribution in [2.75, 3.05) is 62.1 Å². The number of halogens is 4. The number of sulfonamides is 1. The summed E-state index contributed by atoms with van der Waals surface area (Å²) in [6.07, 6.45) is -0.0455. The van der Waals surface area contributed by atoms with Crippen LogP contribution in [0.5, 0.6) is 0 Å². The predicted octanol–water partition coefficient (Wildman–Crippen LogP) is 4.22. The maximum Gasteiger partial charge on any atom is 0.346 e. The minimum Gasteiger partial charge on any atom is -0.479 e. The van der Waals surface area contributed by atoms with Crippen LogP contribution in [0.4, 0.5) is 0 Å². The summed E-state index contributed by atoms with van der Waals surface area (Å²) < 4.78 is 51.0. The van der Waals surface area contributed by atoms with E-state index in [1.54, 1.807) is 36.4 Å². The standard InChI is InChI=1S/C27H37Cl4N4O7PS/c28-11-15-33(16-12-29)43(39,34(17-13-30)18-14-31)42-19-20-44(40,41)35(25(27(37)38)23-9-5-2-6-10-23)26(36)24(32)21-22-7-3-1-4-8-22/h1-10,24-25H,11-21,32H2,(H,37,38)/t24-,25+/m0/s1. The van der Waals surface area contributed by atoms with Gasteiger partial charge in [0.15, 0.2) is 6.04 Å². The summed E-state index contributed by atoms with van der Waals surface area (Å²) in [5.74, 6) is -3.34. The Labute approximate surface area is 278 Å². The number of carboxylic acids is 1. The van der Waals surface area contributed by atoms with Gasteiger partial charge in [-0.25, -0.2) is 26.9 Å². The molecule has 0 aliphatic heterocycles. The Hall–Kier alpha value is -1.44.